The second kappa shape index (κ2) is 7.51. The van der Waals surface area contributed by atoms with Gasteiger partial charge >= 0.3 is 0 Å². The average Bonchev–Trinajstić information content (AvgIpc) is 2.64. The van der Waals surface area contributed by atoms with Crippen molar-refractivity contribution in [2.45, 2.75) is 9.79 Å². The van der Waals surface area contributed by atoms with Crippen LogP contribution in [0.25, 0.3) is 4.91 Å². The second-order valence-corrected chi connectivity index (χ2v) is 7.96. The summed E-state index contributed by atoms with van der Waals surface area (Å²) in [6.07, 6.45) is 0. The summed E-state index contributed by atoms with van der Waals surface area (Å²) in [5.74, 6) is 0. The van der Waals surface area contributed by atoms with E-state index in [0.717, 1.165) is 4.90 Å². The fourth-order valence-corrected chi connectivity index (χ4v) is 4.80. The smallest absolute Gasteiger partial charge is 0.207 e. The van der Waals surface area contributed by atoms with Gasteiger partial charge in [-0.1, -0.05) is 78.5 Å². The lowest BCUT2D eigenvalue weighted by molar-refractivity contribution is 0.606. The quantitative estimate of drug-likeness (QED) is 0.588. The minimum atomic E-state index is -3.58. The highest BCUT2D eigenvalue weighted by atomic mass is 32.2. The maximum atomic E-state index is 13.1. The third-order valence-electron chi connectivity index (χ3n) is 3.45. The van der Waals surface area contributed by atoms with Crippen LogP contribution >= 0.6 is 11.8 Å². The van der Waals surface area contributed by atoms with Gasteiger partial charge in [-0.05, 0) is 35.2 Å². The minimum absolute atomic E-state index is 0.300. The zero-order valence-electron chi connectivity index (χ0n) is 12.9. The molecule has 2 nitrogen and oxygen atoms in total. The summed E-state index contributed by atoms with van der Waals surface area (Å²) in [4.78, 5) is 1.60. The van der Waals surface area contributed by atoms with E-state index in [2.05, 4.69) is 0 Å². The maximum absolute atomic E-state index is 13.1. The van der Waals surface area contributed by atoms with Crippen LogP contribution in [0.1, 0.15) is 5.56 Å². The van der Waals surface area contributed by atoms with Crippen LogP contribution in [-0.2, 0) is 9.84 Å². The van der Waals surface area contributed by atoms with Crippen molar-refractivity contribution in [1.29, 1.82) is 0 Å². The van der Waals surface area contributed by atoms with Crippen LogP contribution in [0.2, 0.25) is 0 Å². The average molecular weight is 352 g/mol. The number of sulfone groups is 1. The molecule has 0 amide bonds. The molecule has 120 valence electrons. The highest BCUT2D eigenvalue weighted by Gasteiger charge is 2.22. The van der Waals surface area contributed by atoms with Crippen LogP contribution in [0.5, 0.6) is 0 Å². The van der Waals surface area contributed by atoms with E-state index in [1.54, 1.807) is 29.7 Å². The van der Waals surface area contributed by atoms with Gasteiger partial charge in [-0.25, -0.2) is 8.42 Å². The van der Waals surface area contributed by atoms with Gasteiger partial charge in [0.25, 0.3) is 0 Å². The van der Waals surface area contributed by atoms with E-state index >= 15 is 0 Å². The molecule has 0 bridgehead atoms. The van der Waals surface area contributed by atoms with Gasteiger partial charge in [0.1, 0.15) is 0 Å². The minimum Gasteiger partial charge on any atom is -0.218 e. The largest absolute Gasteiger partial charge is 0.218 e. The number of thioether (sulfide) groups is 1. The summed E-state index contributed by atoms with van der Waals surface area (Å²) in [6, 6.07) is 27.4. The van der Waals surface area contributed by atoms with Crippen LogP contribution in [0, 0.1) is 0 Å². The normalized spacial score (nSPS) is 12.1. The van der Waals surface area contributed by atoms with Gasteiger partial charge in [0.05, 0.1) is 9.80 Å². The summed E-state index contributed by atoms with van der Waals surface area (Å²) in [6.45, 7) is 0. The molecule has 0 aromatic heterocycles. The molecule has 0 saturated heterocycles. The Hall–Kier alpha value is -2.30. The molecular formula is C20H16O2S2. The predicted molar refractivity (Wildman–Crippen MR) is 100 cm³/mol. The molecule has 24 heavy (non-hydrogen) atoms. The molecule has 0 spiro atoms. The van der Waals surface area contributed by atoms with Gasteiger partial charge in [-0.3, -0.25) is 0 Å². The third kappa shape index (κ3) is 3.78. The van der Waals surface area contributed by atoms with E-state index in [9.17, 15) is 8.42 Å². The number of hydrogen-bond donors (Lipinski definition) is 0. The molecule has 0 unspecified atom stereocenters. The Bertz CT molecular complexity index is 917. The molecule has 3 rings (SSSR count). The highest BCUT2D eigenvalue weighted by Crippen LogP contribution is 2.32. The number of rotatable bonds is 5. The molecule has 3 aromatic rings. The van der Waals surface area contributed by atoms with Crippen molar-refractivity contribution in [1.82, 2.24) is 0 Å². The first-order valence-electron chi connectivity index (χ1n) is 7.45. The summed E-state index contributed by atoms with van der Waals surface area (Å²) in [5, 5.41) is 1.72. The summed E-state index contributed by atoms with van der Waals surface area (Å²) >= 11 is 1.40. The van der Waals surface area contributed by atoms with E-state index in [1.165, 1.54) is 11.8 Å². The summed E-state index contributed by atoms with van der Waals surface area (Å²) < 4.78 is 26.1. The first kappa shape index (κ1) is 16.6. The van der Waals surface area contributed by atoms with Crippen LogP contribution < -0.4 is 0 Å². The Morgan fingerprint density at radius 2 is 1.21 bits per heavy atom. The molecule has 0 aliphatic rings. The molecule has 3 aromatic carbocycles. The Morgan fingerprint density at radius 1 is 0.708 bits per heavy atom. The molecule has 0 fully saturated rings. The lowest BCUT2D eigenvalue weighted by Crippen LogP contribution is -2.03. The predicted octanol–water partition coefficient (Wildman–Crippen LogP) is 5.25. The molecule has 0 aliphatic carbocycles. The van der Waals surface area contributed by atoms with Crippen LogP contribution in [0.4, 0.5) is 0 Å². The van der Waals surface area contributed by atoms with Crippen LogP contribution in [0.3, 0.4) is 0 Å². The monoisotopic (exact) mass is 352 g/mol. The summed E-state index contributed by atoms with van der Waals surface area (Å²) in [5.41, 5.74) is 0.685. The number of benzene rings is 3. The van der Waals surface area contributed by atoms with Crippen molar-refractivity contribution in [2.24, 2.45) is 0 Å². The molecule has 0 aliphatic heterocycles. The highest BCUT2D eigenvalue weighted by molar-refractivity contribution is 8.05. The molecule has 0 radical (unpaired) electrons. The van der Waals surface area contributed by atoms with Gasteiger partial charge in [-0.2, -0.15) is 0 Å². The Kier molecular flexibility index (Phi) is 5.18. The van der Waals surface area contributed by atoms with Crippen molar-refractivity contribution < 1.29 is 8.42 Å². The topological polar surface area (TPSA) is 34.1 Å². The maximum Gasteiger partial charge on any atom is 0.207 e. The van der Waals surface area contributed by atoms with E-state index in [1.807, 2.05) is 66.7 Å². The van der Waals surface area contributed by atoms with Gasteiger partial charge in [0.15, 0.2) is 0 Å². The zero-order valence-corrected chi connectivity index (χ0v) is 14.5. The molecule has 0 heterocycles. The SMILES string of the molecule is O=S(=O)(/C(=C/Sc1ccccc1)c1ccccc1)c1ccccc1. The molecule has 0 saturated carbocycles. The first-order chi connectivity index (χ1) is 11.7. The first-order valence-corrected chi connectivity index (χ1v) is 9.81. The molecule has 0 atom stereocenters. The zero-order chi connectivity index (χ0) is 16.8. The van der Waals surface area contributed by atoms with Crippen molar-refractivity contribution >= 4 is 26.5 Å². The molecular weight excluding hydrogens is 336 g/mol. The lowest BCUT2D eigenvalue weighted by atomic mass is 10.2. The van der Waals surface area contributed by atoms with Gasteiger partial charge in [0, 0.05) is 4.90 Å². The van der Waals surface area contributed by atoms with Crippen molar-refractivity contribution in [3.05, 3.63) is 102 Å². The third-order valence-corrected chi connectivity index (χ3v) is 6.32. The van der Waals surface area contributed by atoms with E-state index in [4.69, 9.17) is 0 Å². The molecule has 0 N–H and O–H groups in total. The van der Waals surface area contributed by atoms with Crippen molar-refractivity contribution in [3.8, 4) is 0 Å². The fourth-order valence-electron chi connectivity index (χ4n) is 2.24. The standard InChI is InChI=1S/C20H16O2S2/c21-24(22,19-14-8-3-9-15-19)20(17-10-4-1-5-11-17)16-23-18-12-6-2-7-13-18/h1-16H/b20-16+. The fraction of sp³-hybridized carbons (Fsp3) is 0. The van der Waals surface area contributed by atoms with Crippen LogP contribution in [0.15, 0.2) is 106 Å². The number of hydrogen-bond acceptors (Lipinski definition) is 3. The molecule has 4 heteroatoms. The lowest BCUT2D eigenvalue weighted by Gasteiger charge is -2.10. The van der Waals surface area contributed by atoms with Crippen LogP contribution in [-0.4, -0.2) is 8.42 Å². The van der Waals surface area contributed by atoms with Gasteiger partial charge < -0.3 is 0 Å². The Labute approximate surface area is 146 Å². The van der Waals surface area contributed by atoms with Gasteiger partial charge in [-0.15, -0.1) is 0 Å². The van der Waals surface area contributed by atoms with E-state index in [-0.39, 0.29) is 0 Å². The second-order valence-electron chi connectivity index (χ2n) is 5.10. The van der Waals surface area contributed by atoms with Crippen molar-refractivity contribution in [2.75, 3.05) is 0 Å². The van der Waals surface area contributed by atoms with E-state index in [0.29, 0.717) is 15.4 Å². The van der Waals surface area contributed by atoms with Gasteiger partial charge in [0.2, 0.25) is 9.84 Å². The van der Waals surface area contributed by atoms with E-state index < -0.39 is 9.84 Å². The van der Waals surface area contributed by atoms with Crippen molar-refractivity contribution in [3.63, 3.8) is 0 Å². The Morgan fingerprint density at radius 3 is 1.79 bits per heavy atom. The Balaban J connectivity index is 2.06. The summed E-state index contributed by atoms with van der Waals surface area (Å²) in [7, 11) is -3.58.